The molecule has 0 saturated heterocycles. The average molecular weight is 159 g/mol. The van der Waals surface area contributed by atoms with Crippen LogP contribution in [0.15, 0.2) is 0 Å². The molecule has 0 unspecified atom stereocenters. The summed E-state index contributed by atoms with van der Waals surface area (Å²) in [6.45, 7) is 0. The Bertz CT molecular complexity index is 209. The molecule has 0 radical (unpaired) electrons. The molecule has 0 heterocycles. The van der Waals surface area contributed by atoms with E-state index in [9.17, 15) is 9.18 Å². The van der Waals surface area contributed by atoms with Crippen LogP contribution in [0.5, 0.6) is 0 Å². The van der Waals surface area contributed by atoms with Gasteiger partial charge < -0.3 is 10.8 Å². The lowest BCUT2D eigenvalue weighted by Crippen LogP contribution is -2.72. The summed E-state index contributed by atoms with van der Waals surface area (Å²) in [7, 11) is 0. The number of carboxylic acids is 1. The molecule has 0 spiro atoms. The molecule has 0 aromatic heterocycles. The maximum atomic E-state index is 12.9. The predicted molar refractivity (Wildman–Crippen MR) is 35.7 cm³/mol. The minimum atomic E-state index is -1.05. The van der Waals surface area contributed by atoms with Crippen LogP contribution in [0, 0.1) is 5.41 Å². The first-order valence-electron chi connectivity index (χ1n) is 3.65. The van der Waals surface area contributed by atoms with Crippen molar-refractivity contribution in [2.45, 2.75) is 31.0 Å². The second kappa shape index (κ2) is 1.58. The summed E-state index contributed by atoms with van der Waals surface area (Å²) < 4.78 is 12.9. The van der Waals surface area contributed by atoms with Crippen LogP contribution in [-0.4, -0.2) is 22.8 Å². The Kier molecular flexibility index (Phi) is 1.01. The van der Waals surface area contributed by atoms with Crippen molar-refractivity contribution in [1.82, 2.24) is 0 Å². The van der Waals surface area contributed by atoms with E-state index in [2.05, 4.69) is 0 Å². The SMILES string of the molecule is N[C@@H](C(=O)O)C12CC(F)(C1)C2. The fraction of sp³-hybridized carbons (Fsp3) is 0.857. The predicted octanol–water partition coefficient (Wildman–Crippen LogP) is 0.290. The first-order valence-corrected chi connectivity index (χ1v) is 3.65. The van der Waals surface area contributed by atoms with E-state index in [0.29, 0.717) is 19.3 Å². The van der Waals surface area contributed by atoms with Gasteiger partial charge in [0.05, 0.1) is 0 Å². The van der Waals surface area contributed by atoms with Crippen molar-refractivity contribution in [2.24, 2.45) is 11.1 Å². The number of nitrogens with two attached hydrogens (primary N) is 1. The van der Waals surface area contributed by atoms with Gasteiger partial charge in [-0.15, -0.1) is 0 Å². The van der Waals surface area contributed by atoms with E-state index in [1.165, 1.54) is 0 Å². The van der Waals surface area contributed by atoms with Crippen molar-refractivity contribution in [3.8, 4) is 0 Å². The third-order valence-corrected chi connectivity index (χ3v) is 2.93. The molecule has 11 heavy (non-hydrogen) atoms. The van der Waals surface area contributed by atoms with Gasteiger partial charge in [0.2, 0.25) is 0 Å². The highest BCUT2D eigenvalue weighted by molar-refractivity contribution is 5.75. The summed E-state index contributed by atoms with van der Waals surface area (Å²) in [4.78, 5) is 10.4. The Morgan fingerprint density at radius 2 is 2.00 bits per heavy atom. The molecule has 3 saturated carbocycles. The van der Waals surface area contributed by atoms with E-state index in [4.69, 9.17) is 10.8 Å². The number of rotatable bonds is 2. The number of carbonyl (C=O) groups is 1. The molecule has 3 aliphatic carbocycles. The van der Waals surface area contributed by atoms with Crippen molar-refractivity contribution in [3.05, 3.63) is 0 Å². The van der Waals surface area contributed by atoms with Crippen LogP contribution in [0.1, 0.15) is 19.3 Å². The monoisotopic (exact) mass is 159 g/mol. The molecule has 1 atom stereocenters. The number of aliphatic carboxylic acids is 1. The zero-order chi connectivity index (χ0) is 8.28. The standard InChI is InChI=1S/C7H10FNO2/c8-7-1-6(2-7,3-7)4(9)5(10)11/h4H,1-3,9H2,(H,10,11)/t4-,6?,7?/m0/s1. The molecule has 0 amide bonds. The highest BCUT2D eigenvalue weighted by Crippen LogP contribution is 2.70. The van der Waals surface area contributed by atoms with E-state index in [0.717, 1.165) is 0 Å². The maximum absolute atomic E-state index is 12.9. The van der Waals surface area contributed by atoms with E-state index in [1.54, 1.807) is 0 Å². The van der Waals surface area contributed by atoms with Crippen LogP contribution in [0.2, 0.25) is 0 Å². The lowest BCUT2D eigenvalue weighted by atomic mass is 9.40. The Labute approximate surface area is 63.4 Å². The molecule has 0 aromatic carbocycles. The highest BCUT2D eigenvalue weighted by Gasteiger charge is 2.72. The van der Waals surface area contributed by atoms with Crippen LogP contribution in [0.25, 0.3) is 0 Å². The van der Waals surface area contributed by atoms with Crippen LogP contribution in [0.4, 0.5) is 4.39 Å². The van der Waals surface area contributed by atoms with Crippen molar-refractivity contribution in [3.63, 3.8) is 0 Å². The van der Waals surface area contributed by atoms with Gasteiger partial charge in [-0.2, -0.15) is 0 Å². The number of hydrogen-bond acceptors (Lipinski definition) is 2. The van der Waals surface area contributed by atoms with Crippen molar-refractivity contribution >= 4 is 5.97 Å². The largest absolute Gasteiger partial charge is 0.480 e. The van der Waals surface area contributed by atoms with Gasteiger partial charge in [-0.1, -0.05) is 0 Å². The normalized spacial score (nSPS) is 48.9. The summed E-state index contributed by atoms with van der Waals surface area (Å²) in [5.74, 6) is -1.01. The summed E-state index contributed by atoms with van der Waals surface area (Å²) in [5, 5.41) is 8.54. The fourth-order valence-electron chi connectivity index (χ4n) is 2.33. The van der Waals surface area contributed by atoms with Crippen LogP contribution < -0.4 is 5.73 Å². The highest BCUT2D eigenvalue weighted by atomic mass is 19.1. The average Bonchev–Trinajstić information content (AvgIpc) is 1.77. The zero-order valence-corrected chi connectivity index (χ0v) is 6.01. The Balaban J connectivity index is 2.04. The Morgan fingerprint density at radius 1 is 1.55 bits per heavy atom. The first kappa shape index (κ1) is 7.03. The smallest absolute Gasteiger partial charge is 0.321 e. The number of hydrogen-bond donors (Lipinski definition) is 2. The summed E-state index contributed by atoms with van der Waals surface area (Å²) in [6.07, 6.45) is 1.06. The second-order valence-electron chi connectivity index (χ2n) is 3.86. The quantitative estimate of drug-likeness (QED) is 0.608. The van der Waals surface area contributed by atoms with Crippen LogP contribution in [0.3, 0.4) is 0 Å². The molecule has 2 bridgehead atoms. The number of halogens is 1. The molecule has 3 fully saturated rings. The van der Waals surface area contributed by atoms with E-state index < -0.39 is 17.7 Å². The molecule has 4 heteroatoms. The van der Waals surface area contributed by atoms with Gasteiger partial charge in [-0.05, 0) is 19.3 Å². The van der Waals surface area contributed by atoms with Gasteiger partial charge in [0, 0.05) is 5.41 Å². The number of carboxylic acid groups (broad SMARTS) is 1. The molecule has 3 N–H and O–H groups in total. The minimum Gasteiger partial charge on any atom is -0.480 e. The van der Waals surface area contributed by atoms with E-state index >= 15 is 0 Å². The summed E-state index contributed by atoms with van der Waals surface area (Å²) in [5.41, 5.74) is 3.95. The molecule has 3 nitrogen and oxygen atoms in total. The lowest BCUT2D eigenvalue weighted by molar-refractivity contribution is -0.227. The van der Waals surface area contributed by atoms with E-state index in [1.807, 2.05) is 0 Å². The molecule has 3 rings (SSSR count). The van der Waals surface area contributed by atoms with Crippen LogP contribution >= 0.6 is 0 Å². The van der Waals surface area contributed by atoms with Gasteiger partial charge in [-0.3, -0.25) is 4.79 Å². The van der Waals surface area contributed by atoms with Crippen molar-refractivity contribution in [2.75, 3.05) is 0 Å². The summed E-state index contributed by atoms with van der Waals surface area (Å²) >= 11 is 0. The van der Waals surface area contributed by atoms with Gasteiger partial charge in [-0.25, -0.2) is 4.39 Å². The van der Waals surface area contributed by atoms with E-state index in [-0.39, 0.29) is 5.41 Å². The molecule has 62 valence electrons. The molecular weight excluding hydrogens is 149 g/mol. The van der Waals surface area contributed by atoms with Crippen LogP contribution in [-0.2, 0) is 4.79 Å². The van der Waals surface area contributed by atoms with Crippen molar-refractivity contribution < 1.29 is 14.3 Å². The third-order valence-electron chi connectivity index (χ3n) is 2.93. The number of alkyl halides is 1. The molecular formula is C7H10FNO2. The minimum absolute atomic E-state index is 0.355. The Morgan fingerprint density at radius 3 is 2.27 bits per heavy atom. The first-order chi connectivity index (χ1) is 4.98. The summed E-state index contributed by atoms with van der Waals surface area (Å²) in [6, 6.07) is -0.861. The second-order valence-corrected chi connectivity index (χ2v) is 3.86. The molecule has 3 aliphatic rings. The van der Waals surface area contributed by atoms with Crippen molar-refractivity contribution in [1.29, 1.82) is 0 Å². The fourth-order valence-corrected chi connectivity index (χ4v) is 2.33. The molecule has 0 aliphatic heterocycles. The van der Waals surface area contributed by atoms with Gasteiger partial charge >= 0.3 is 5.97 Å². The van der Waals surface area contributed by atoms with Gasteiger partial charge in [0.1, 0.15) is 11.7 Å². The molecule has 0 aromatic rings. The Hall–Kier alpha value is -0.640. The zero-order valence-electron chi connectivity index (χ0n) is 6.01. The van der Waals surface area contributed by atoms with Gasteiger partial charge in [0.15, 0.2) is 0 Å². The maximum Gasteiger partial charge on any atom is 0.321 e. The van der Waals surface area contributed by atoms with Gasteiger partial charge in [0.25, 0.3) is 0 Å². The topological polar surface area (TPSA) is 63.3 Å². The third kappa shape index (κ3) is 0.677. The lowest BCUT2D eigenvalue weighted by Gasteiger charge is -2.67.